The van der Waals surface area contributed by atoms with Crippen molar-refractivity contribution in [2.75, 3.05) is 22.1 Å². The van der Waals surface area contributed by atoms with Crippen LogP contribution in [0.25, 0.3) is 0 Å². The zero-order valence-corrected chi connectivity index (χ0v) is 15.9. The number of carbonyl (C=O) groups excluding carboxylic acids is 2. The molecule has 0 aliphatic carbocycles. The molecule has 136 valence electrons. The van der Waals surface area contributed by atoms with Gasteiger partial charge >= 0.3 is 0 Å². The van der Waals surface area contributed by atoms with E-state index in [0.29, 0.717) is 22.2 Å². The van der Waals surface area contributed by atoms with Crippen molar-refractivity contribution in [3.05, 3.63) is 47.5 Å². The highest BCUT2D eigenvalue weighted by molar-refractivity contribution is 8.00. The molecule has 0 saturated heterocycles. The molecule has 2 aromatic rings. The first-order valence-corrected chi connectivity index (χ1v) is 10.7. The number of fused-ring (bicyclic) bond motifs is 1. The molecule has 2 N–H and O–H groups in total. The van der Waals surface area contributed by atoms with Gasteiger partial charge in [0.25, 0.3) is 0 Å². The summed E-state index contributed by atoms with van der Waals surface area (Å²) in [6.45, 7) is 0. The van der Waals surface area contributed by atoms with Gasteiger partial charge in [-0.3, -0.25) is 9.59 Å². The van der Waals surface area contributed by atoms with Crippen molar-refractivity contribution in [2.45, 2.75) is 16.2 Å². The lowest BCUT2D eigenvalue weighted by Gasteiger charge is -2.17. The Bertz CT molecular complexity index is 959. The van der Waals surface area contributed by atoms with Crippen molar-refractivity contribution in [1.82, 2.24) is 0 Å². The van der Waals surface area contributed by atoms with Crippen LogP contribution >= 0.6 is 23.4 Å². The Balaban J connectivity index is 1.65. The van der Waals surface area contributed by atoms with Crippen molar-refractivity contribution in [1.29, 1.82) is 0 Å². The fraction of sp³-hybridized carbons (Fsp3) is 0.176. The lowest BCUT2D eigenvalue weighted by Crippen LogP contribution is -2.20. The zero-order chi connectivity index (χ0) is 18.7. The van der Waals surface area contributed by atoms with E-state index in [-0.39, 0.29) is 23.0 Å². The van der Waals surface area contributed by atoms with Crippen LogP contribution in [0.15, 0.2) is 52.3 Å². The molecule has 26 heavy (non-hydrogen) atoms. The largest absolute Gasteiger partial charge is 0.326 e. The fourth-order valence-corrected chi connectivity index (χ4v) is 4.53. The Kier molecular flexibility index (Phi) is 5.55. The van der Waals surface area contributed by atoms with Gasteiger partial charge in [0.05, 0.1) is 22.1 Å². The molecular formula is C17H15ClN2O4S2. The van der Waals surface area contributed by atoms with E-state index in [4.69, 9.17) is 11.6 Å². The molecule has 0 radical (unpaired) electrons. The van der Waals surface area contributed by atoms with Crippen molar-refractivity contribution >= 4 is 56.4 Å². The number of benzene rings is 2. The third kappa shape index (κ3) is 4.57. The van der Waals surface area contributed by atoms with Crippen LogP contribution in [-0.2, 0) is 19.4 Å². The molecule has 9 heteroatoms. The molecule has 1 heterocycles. The molecule has 0 fully saturated rings. The predicted octanol–water partition coefficient (Wildman–Crippen LogP) is 3.19. The summed E-state index contributed by atoms with van der Waals surface area (Å²) in [6.07, 6.45) is -0.177. The van der Waals surface area contributed by atoms with Crippen molar-refractivity contribution in [3.63, 3.8) is 0 Å². The highest BCUT2D eigenvalue weighted by atomic mass is 35.5. The number of nitrogens with one attached hydrogen (secondary N) is 2. The minimum atomic E-state index is -3.65. The number of hydrogen-bond donors (Lipinski definition) is 2. The van der Waals surface area contributed by atoms with Gasteiger partial charge < -0.3 is 10.6 Å². The molecule has 2 amide bonds. The van der Waals surface area contributed by atoms with Gasteiger partial charge in [-0.1, -0.05) is 11.6 Å². The molecule has 3 rings (SSSR count). The van der Waals surface area contributed by atoms with Crippen LogP contribution in [0.1, 0.15) is 6.42 Å². The van der Waals surface area contributed by atoms with Crippen molar-refractivity contribution < 1.29 is 18.0 Å². The molecule has 0 atom stereocenters. The lowest BCUT2D eigenvalue weighted by atomic mass is 10.3. The second kappa shape index (κ2) is 7.69. The van der Waals surface area contributed by atoms with Crippen LogP contribution < -0.4 is 10.6 Å². The number of sulfone groups is 1. The van der Waals surface area contributed by atoms with E-state index in [1.807, 2.05) is 0 Å². The van der Waals surface area contributed by atoms with Crippen LogP contribution in [0.5, 0.6) is 0 Å². The number of halogens is 1. The van der Waals surface area contributed by atoms with Crippen molar-refractivity contribution in [2.24, 2.45) is 0 Å². The van der Waals surface area contributed by atoms with Gasteiger partial charge in [-0.2, -0.15) is 0 Å². The summed E-state index contributed by atoms with van der Waals surface area (Å²) >= 11 is 7.13. The molecule has 1 aliphatic rings. The normalized spacial score (nSPS) is 13.7. The number of rotatable bonds is 5. The Morgan fingerprint density at radius 2 is 1.92 bits per heavy atom. The van der Waals surface area contributed by atoms with Gasteiger partial charge in [-0.25, -0.2) is 8.42 Å². The molecule has 6 nitrogen and oxygen atoms in total. The lowest BCUT2D eigenvalue weighted by molar-refractivity contribution is -0.116. The SMILES string of the molecule is O=C(CCS(=O)(=O)c1ccc2c(c1)NC(=O)CS2)Nc1ccc(Cl)cc1. The van der Waals surface area contributed by atoms with Crippen LogP contribution in [0, 0.1) is 0 Å². The molecular weight excluding hydrogens is 396 g/mol. The topological polar surface area (TPSA) is 92.3 Å². The zero-order valence-electron chi connectivity index (χ0n) is 13.5. The molecule has 1 aliphatic heterocycles. The summed E-state index contributed by atoms with van der Waals surface area (Å²) in [7, 11) is -3.65. The molecule has 2 aromatic carbocycles. The third-order valence-electron chi connectivity index (χ3n) is 3.67. The highest BCUT2D eigenvalue weighted by Gasteiger charge is 2.21. The van der Waals surface area contributed by atoms with Crippen molar-refractivity contribution in [3.8, 4) is 0 Å². The maximum absolute atomic E-state index is 12.5. The first kappa shape index (κ1) is 18.8. The smallest absolute Gasteiger partial charge is 0.234 e. The van der Waals surface area contributed by atoms with E-state index < -0.39 is 15.7 Å². The Labute approximate surface area is 160 Å². The second-order valence-corrected chi connectivity index (χ2v) is 9.18. The average Bonchev–Trinajstić information content (AvgIpc) is 2.61. The summed E-state index contributed by atoms with van der Waals surface area (Å²) in [5.74, 6) is -0.590. The number of hydrogen-bond acceptors (Lipinski definition) is 5. The predicted molar refractivity (Wildman–Crippen MR) is 103 cm³/mol. The summed E-state index contributed by atoms with van der Waals surface area (Å²) in [6, 6.07) is 11.1. The molecule has 0 unspecified atom stereocenters. The van der Waals surface area contributed by atoms with E-state index in [0.717, 1.165) is 4.90 Å². The molecule has 0 bridgehead atoms. The summed E-state index contributed by atoms with van der Waals surface area (Å²) in [5.41, 5.74) is 1.03. The Morgan fingerprint density at radius 3 is 2.65 bits per heavy atom. The molecule has 0 spiro atoms. The standard InChI is InChI=1S/C17H15ClN2O4S2/c18-11-1-3-12(4-2-11)19-16(21)7-8-26(23,24)13-5-6-15-14(9-13)20-17(22)10-25-15/h1-6,9H,7-8,10H2,(H,19,21)(H,20,22). The average molecular weight is 411 g/mol. The second-order valence-electron chi connectivity index (χ2n) is 5.62. The Hall–Kier alpha value is -2.03. The van der Waals surface area contributed by atoms with Crippen LogP contribution in [0.4, 0.5) is 11.4 Å². The minimum absolute atomic E-state index is 0.0818. The summed E-state index contributed by atoms with van der Waals surface area (Å²) < 4.78 is 25.0. The third-order valence-corrected chi connectivity index (χ3v) is 6.71. The maximum atomic E-state index is 12.5. The van der Waals surface area contributed by atoms with E-state index in [9.17, 15) is 18.0 Å². The quantitative estimate of drug-likeness (QED) is 0.789. The number of anilines is 2. The first-order chi connectivity index (χ1) is 12.3. The van der Waals surface area contributed by atoms with Gasteiger partial charge in [0.1, 0.15) is 0 Å². The van der Waals surface area contributed by atoms with Gasteiger partial charge in [0, 0.05) is 22.0 Å². The van der Waals surface area contributed by atoms with Crippen LogP contribution in [-0.4, -0.2) is 31.7 Å². The van der Waals surface area contributed by atoms with E-state index >= 15 is 0 Å². The van der Waals surface area contributed by atoms with Crippen LogP contribution in [0.2, 0.25) is 5.02 Å². The monoisotopic (exact) mass is 410 g/mol. The van der Waals surface area contributed by atoms with E-state index in [2.05, 4.69) is 10.6 Å². The molecule has 0 aromatic heterocycles. The van der Waals surface area contributed by atoms with E-state index in [1.165, 1.54) is 23.9 Å². The maximum Gasteiger partial charge on any atom is 0.234 e. The highest BCUT2D eigenvalue weighted by Crippen LogP contribution is 2.33. The van der Waals surface area contributed by atoms with E-state index in [1.54, 1.807) is 30.3 Å². The first-order valence-electron chi connectivity index (χ1n) is 7.68. The minimum Gasteiger partial charge on any atom is -0.326 e. The number of amides is 2. The number of thioether (sulfide) groups is 1. The van der Waals surface area contributed by atoms with Gasteiger partial charge in [0.2, 0.25) is 11.8 Å². The van der Waals surface area contributed by atoms with Crippen LogP contribution in [0.3, 0.4) is 0 Å². The van der Waals surface area contributed by atoms with Gasteiger partial charge in [0.15, 0.2) is 9.84 Å². The molecule has 0 saturated carbocycles. The summed E-state index contributed by atoms with van der Waals surface area (Å²) in [4.78, 5) is 24.3. The number of carbonyl (C=O) groups is 2. The fourth-order valence-electron chi connectivity index (χ4n) is 2.36. The van der Waals surface area contributed by atoms with Gasteiger partial charge in [-0.15, -0.1) is 11.8 Å². The Morgan fingerprint density at radius 1 is 1.19 bits per heavy atom. The van der Waals surface area contributed by atoms with Gasteiger partial charge in [-0.05, 0) is 42.5 Å². The summed E-state index contributed by atoms with van der Waals surface area (Å²) in [5, 5.41) is 5.83.